The van der Waals surface area contributed by atoms with Crippen molar-refractivity contribution in [3.63, 3.8) is 0 Å². The first-order valence-corrected chi connectivity index (χ1v) is 8.79. The van der Waals surface area contributed by atoms with Crippen LogP contribution in [-0.2, 0) is 26.2 Å². The SMILES string of the molecule is Cc1noc(C)c1CN1CCCn2nnc(COc3cccnc3)c2C1. The van der Waals surface area contributed by atoms with Gasteiger partial charge in [-0.1, -0.05) is 10.4 Å². The molecule has 0 aliphatic carbocycles. The van der Waals surface area contributed by atoms with Crippen LogP contribution in [0.25, 0.3) is 0 Å². The van der Waals surface area contributed by atoms with Gasteiger partial charge in [-0.15, -0.1) is 5.10 Å². The van der Waals surface area contributed by atoms with Crippen molar-refractivity contribution in [1.29, 1.82) is 0 Å². The third-order valence-electron chi connectivity index (χ3n) is 4.71. The average molecular weight is 354 g/mol. The third-order valence-corrected chi connectivity index (χ3v) is 4.71. The molecule has 26 heavy (non-hydrogen) atoms. The van der Waals surface area contributed by atoms with E-state index < -0.39 is 0 Å². The lowest BCUT2D eigenvalue weighted by molar-refractivity contribution is 0.253. The summed E-state index contributed by atoms with van der Waals surface area (Å²) in [7, 11) is 0. The molecule has 4 rings (SSSR count). The van der Waals surface area contributed by atoms with E-state index in [0.717, 1.165) is 61.2 Å². The fraction of sp³-hybridized carbons (Fsp3) is 0.444. The highest BCUT2D eigenvalue weighted by molar-refractivity contribution is 5.21. The lowest BCUT2D eigenvalue weighted by Gasteiger charge is -2.19. The summed E-state index contributed by atoms with van der Waals surface area (Å²) in [5, 5.41) is 12.7. The summed E-state index contributed by atoms with van der Waals surface area (Å²) in [6.45, 7) is 7.80. The van der Waals surface area contributed by atoms with E-state index in [9.17, 15) is 0 Å². The maximum atomic E-state index is 5.81. The molecule has 0 fully saturated rings. The van der Waals surface area contributed by atoms with E-state index in [2.05, 4.69) is 25.4 Å². The molecule has 136 valence electrons. The molecule has 0 radical (unpaired) electrons. The smallest absolute Gasteiger partial charge is 0.138 e. The van der Waals surface area contributed by atoms with E-state index in [1.165, 1.54) is 5.56 Å². The predicted octanol–water partition coefficient (Wildman–Crippen LogP) is 2.26. The standard InChI is InChI=1S/C18H22N6O2/c1-13-16(14(2)26-21-13)10-23-7-4-8-24-18(11-23)17(20-22-24)12-25-15-5-3-6-19-9-15/h3,5-6,9H,4,7-8,10-12H2,1-2H3. The molecule has 8 heteroatoms. The van der Waals surface area contributed by atoms with Gasteiger partial charge in [0.2, 0.25) is 0 Å². The highest BCUT2D eigenvalue weighted by Crippen LogP contribution is 2.21. The molecule has 0 saturated heterocycles. The van der Waals surface area contributed by atoms with Gasteiger partial charge in [0.15, 0.2) is 0 Å². The second kappa shape index (κ2) is 7.25. The molecule has 0 atom stereocenters. The van der Waals surface area contributed by atoms with Crippen LogP contribution >= 0.6 is 0 Å². The number of ether oxygens (including phenoxy) is 1. The van der Waals surface area contributed by atoms with E-state index >= 15 is 0 Å². The van der Waals surface area contributed by atoms with Gasteiger partial charge in [-0.05, 0) is 32.4 Å². The Morgan fingerprint density at radius 2 is 2.19 bits per heavy atom. The molecule has 0 spiro atoms. The van der Waals surface area contributed by atoms with Crippen molar-refractivity contribution in [2.24, 2.45) is 0 Å². The number of hydrogen-bond donors (Lipinski definition) is 0. The van der Waals surface area contributed by atoms with Gasteiger partial charge >= 0.3 is 0 Å². The quantitative estimate of drug-likeness (QED) is 0.695. The number of fused-ring (bicyclic) bond motifs is 1. The fourth-order valence-electron chi connectivity index (χ4n) is 3.24. The Hall–Kier alpha value is -2.74. The molecule has 3 aromatic rings. The van der Waals surface area contributed by atoms with Crippen LogP contribution in [0.4, 0.5) is 0 Å². The predicted molar refractivity (Wildman–Crippen MR) is 93.3 cm³/mol. The number of nitrogens with zero attached hydrogens (tertiary/aromatic N) is 6. The maximum Gasteiger partial charge on any atom is 0.138 e. The van der Waals surface area contributed by atoms with Crippen molar-refractivity contribution in [2.45, 2.75) is 46.5 Å². The van der Waals surface area contributed by atoms with Gasteiger partial charge in [-0.2, -0.15) is 0 Å². The first kappa shape index (κ1) is 16.7. The summed E-state index contributed by atoms with van der Waals surface area (Å²) >= 11 is 0. The minimum absolute atomic E-state index is 0.389. The topological polar surface area (TPSA) is 82.1 Å². The highest BCUT2D eigenvalue weighted by Gasteiger charge is 2.22. The van der Waals surface area contributed by atoms with Crippen LogP contribution in [0.5, 0.6) is 5.75 Å². The van der Waals surface area contributed by atoms with E-state index in [1.54, 1.807) is 12.4 Å². The molecule has 0 amide bonds. The van der Waals surface area contributed by atoms with Gasteiger partial charge in [0.25, 0.3) is 0 Å². The molecule has 1 aliphatic rings. The fourth-order valence-corrected chi connectivity index (χ4v) is 3.24. The second-order valence-corrected chi connectivity index (χ2v) is 6.55. The van der Waals surface area contributed by atoms with Crippen LogP contribution in [0.15, 0.2) is 29.0 Å². The molecule has 0 aromatic carbocycles. The van der Waals surface area contributed by atoms with Gasteiger partial charge in [-0.3, -0.25) is 9.88 Å². The van der Waals surface area contributed by atoms with E-state index in [4.69, 9.17) is 9.26 Å². The monoisotopic (exact) mass is 354 g/mol. The molecule has 8 nitrogen and oxygen atoms in total. The van der Waals surface area contributed by atoms with Crippen molar-refractivity contribution in [3.05, 3.63) is 52.9 Å². The molecular weight excluding hydrogens is 332 g/mol. The number of pyridine rings is 1. The first-order valence-electron chi connectivity index (χ1n) is 8.79. The largest absolute Gasteiger partial charge is 0.486 e. The Kier molecular flexibility index (Phi) is 4.66. The molecule has 3 aromatic heterocycles. The lowest BCUT2D eigenvalue weighted by Crippen LogP contribution is -2.24. The van der Waals surface area contributed by atoms with Crippen molar-refractivity contribution in [1.82, 2.24) is 30.0 Å². The Labute approximate surface area is 151 Å². The zero-order valence-corrected chi connectivity index (χ0v) is 15.1. The van der Waals surface area contributed by atoms with Crippen molar-refractivity contribution in [3.8, 4) is 5.75 Å². The molecule has 0 bridgehead atoms. The molecule has 4 heterocycles. The lowest BCUT2D eigenvalue weighted by atomic mass is 10.2. The van der Waals surface area contributed by atoms with Gasteiger partial charge in [0.1, 0.15) is 23.8 Å². The van der Waals surface area contributed by atoms with Crippen molar-refractivity contribution < 1.29 is 9.26 Å². The van der Waals surface area contributed by atoms with E-state index in [0.29, 0.717) is 6.61 Å². The minimum atomic E-state index is 0.389. The minimum Gasteiger partial charge on any atom is -0.486 e. The Bertz CT molecular complexity index is 854. The Morgan fingerprint density at radius 1 is 1.27 bits per heavy atom. The van der Waals surface area contributed by atoms with Crippen LogP contribution < -0.4 is 4.74 Å². The van der Waals surface area contributed by atoms with Crippen molar-refractivity contribution >= 4 is 0 Å². The summed E-state index contributed by atoms with van der Waals surface area (Å²) in [6, 6.07) is 3.74. The Balaban J connectivity index is 1.49. The van der Waals surface area contributed by atoms with E-state index in [-0.39, 0.29) is 0 Å². The summed E-state index contributed by atoms with van der Waals surface area (Å²) < 4.78 is 13.1. The van der Waals surface area contributed by atoms with Crippen LogP contribution in [0.1, 0.15) is 34.8 Å². The normalized spacial score (nSPS) is 14.8. The summed E-state index contributed by atoms with van der Waals surface area (Å²) in [5.41, 5.74) is 4.11. The van der Waals surface area contributed by atoms with Crippen molar-refractivity contribution in [2.75, 3.05) is 6.54 Å². The first-order chi connectivity index (χ1) is 12.7. The average Bonchev–Trinajstić information content (AvgIpc) is 3.10. The summed E-state index contributed by atoms with van der Waals surface area (Å²) in [5.74, 6) is 1.62. The molecule has 1 aliphatic heterocycles. The second-order valence-electron chi connectivity index (χ2n) is 6.55. The number of rotatable bonds is 5. The molecule has 0 N–H and O–H groups in total. The number of aromatic nitrogens is 5. The zero-order valence-electron chi connectivity index (χ0n) is 15.1. The number of aryl methyl sites for hydroxylation is 3. The maximum absolute atomic E-state index is 5.81. The Morgan fingerprint density at radius 3 is 2.96 bits per heavy atom. The molecule has 0 unspecified atom stereocenters. The highest BCUT2D eigenvalue weighted by atomic mass is 16.5. The number of hydrogen-bond acceptors (Lipinski definition) is 7. The third kappa shape index (κ3) is 3.45. The summed E-state index contributed by atoms with van der Waals surface area (Å²) in [4.78, 5) is 6.46. The van der Waals surface area contributed by atoms with Crippen LogP contribution in [0, 0.1) is 13.8 Å². The van der Waals surface area contributed by atoms with Gasteiger partial charge in [0.05, 0.1) is 17.6 Å². The molecular formula is C18H22N6O2. The van der Waals surface area contributed by atoms with E-state index in [1.807, 2.05) is 30.7 Å². The van der Waals surface area contributed by atoms with Gasteiger partial charge in [0, 0.05) is 37.9 Å². The van der Waals surface area contributed by atoms with Gasteiger partial charge < -0.3 is 9.26 Å². The summed E-state index contributed by atoms with van der Waals surface area (Å²) in [6.07, 6.45) is 4.46. The van der Waals surface area contributed by atoms with Crippen LogP contribution in [0.2, 0.25) is 0 Å². The van der Waals surface area contributed by atoms with Crippen LogP contribution in [0.3, 0.4) is 0 Å². The van der Waals surface area contributed by atoms with Gasteiger partial charge in [-0.25, -0.2) is 4.68 Å². The van der Waals surface area contributed by atoms with Crippen LogP contribution in [-0.4, -0.2) is 36.6 Å². The molecule has 0 saturated carbocycles. The zero-order chi connectivity index (χ0) is 17.9.